The Morgan fingerprint density at radius 2 is 2.16 bits per heavy atom. The number of halogens is 1. The van der Waals surface area contributed by atoms with Crippen LogP contribution in [-0.2, 0) is 20.8 Å². The van der Waals surface area contributed by atoms with Gasteiger partial charge in [-0.1, -0.05) is 12.2 Å². The summed E-state index contributed by atoms with van der Waals surface area (Å²) < 4.78 is 50.2. The van der Waals surface area contributed by atoms with Crippen molar-refractivity contribution >= 4 is 38.0 Å². The third kappa shape index (κ3) is 4.60. The molecule has 1 aromatic carbocycles. The van der Waals surface area contributed by atoms with Crippen LogP contribution in [0.2, 0.25) is 0 Å². The van der Waals surface area contributed by atoms with Crippen LogP contribution in [-0.4, -0.2) is 36.2 Å². The molecule has 1 atom stereocenters. The summed E-state index contributed by atoms with van der Waals surface area (Å²) in [7, 11) is -4.89. The van der Waals surface area contributed by atoms with E-state index in [-0.39, 0.29) is 27.7 Å². The van der Waals surface area contributed by atoms with Gasteiger partial charge in [-0.15, -0.1) is 0 Å². The smallest absolute Gasteiger partial charge is 0.240 e. The minimum absolute atomic E-state index is 0.0330. The fourth-order valence-corrected chi connectivity index (χ4v) is 3.00. The van der Waals surface area contributed by atoms with Gasteiger partial charge in [0.25, 0.3) is 0 Å². The molecule has 1 aromatic rings. The summed E-state index contributed by atoms with van der Waals surface area (Å²) in [6.45, 7) is 0.0330. The maximum Gasteiger partial charge on any atom is 0.240 e. The molecule has 0 amide bonds. The minimum Gasteiger partial charge on any atom is -0.389 e. The van der Waals surface area contributed by atoms with Gasteiger partial charge in [-0.2, -0.15) is 0 Å². The quantitative estimate of drug-likeness (QED) is 0.725. The van der Waals surface area contributed by atoms with E-state index in [0.29, 0.717) is 0 Å². The van der Waals surface area contributed by atoms with Crippen molar-refractivity contribution in [3.63, 3.8) is 0 Å². The number of hydrogen-bond acceptors (Lipinski definition) is 4. The molecule has 0 saturated carbocycles. The Balaban J connectivity index is 2.99. The first-order chi connectivity index (χ1) is 8.74. The van der Waals surface area contributed by atoms with Gasteiger partial charge in [0.05, 0.1) is 4.90 Å². The maximum absolute atomic E-state index is 13.3. The molecule has 0 aliphatic rings. The van der Waals surface area contributed by atoms with Crippen LogP contribution in [0.4, 0.5) is 4.39 Å². The summed E-state index contributed by atoms with van der Waals surface area (Å²) in [5.41, 5.74) is 5.17. The fraction of sp³-hybridized carbons (Fsp3) is 0.300. The first kappa shape index (κ1) is 16.2. The molecule has 0 aliphatic carbocycles. The third-order valence-electron chi connectivity index (χ3n) is 2.20. The van der Waals surface area contributed by atoms with Crippen LogP contribution >= 0.6 is 12.2 Å². The van der Waals surface area contributed by atoms with E-state index >= 15 is 0 Å². The molecule has 19 heavy (non-hydrogen) atoms. The fourth-order valence-electron chi connectivity index (χ4n) is 1.26. The van der Waals surface area contributed by atoms with Crippen molar-refractivity contribution in [3.8, 4) is 0 Å². The Morgan fingerprint density at radius 3 is 2.68 bits per heavy atom. The van der Waals surface area contributed by atoms with E-state index in [1.165, 1.54) is 6.26 Å². The number of benzene rings is 1. The zero-order chi connectivity index (χ0) is 14.6. The topological polar surface area (TPSA) is 89.3 Å². The molecule has 3 N–H and O–H groups in total. The lowest BCUT2D eigenvalue weighted by atomic mass is 10.2. The molecule has 1 rings (SSSR count). The number of nitrogens with two attached hydrogens (primary N) is 1. The van der Waals surface area contributed by atoms with E-state index < -0.39 is 26.6 Å². The van der Waals surface area contributed by atoms with Gasteiger partial charge < -0.3 is 5.73 Å². The molecule has 0 aliphatic heterocycles. The van der Waals surface area contributed by atoms with Crippen molar-refractivity contribution in [2.24, 2.45) is 5.73 Å². The summed E-state index contributed by atoms with van der Waals surface area (Å²) >= 11 is 4.64. The van der Waals surface area contributed by atoms with Crippen molar-refractivity contribution in [2.75, 3.05) is 18.6 Å². The Hall–Kier alpha value is -0.900. The zero-order valence-electron chi connectivity index (χ0n) is 10.1. The molecule has 0 radical (unpaired) electrons. The van der Waals surface area contributed by atoms with Gasteiger partial charge in [0.1, 0.15) is 10.8 Å². The van der Waals surface area contributed by atoms with E-state index in [1.807, 2.05) is 0 Å². The molecular weight excluding hydrogens is 311 g/mol. The highest BCUT2D eigenvalue weighted by atomic mass is 32.2. The summed E-state index contributed by atoms with van der Waals surface area (Å²) in [4.78, 5) is -0.359. The van der Waals surface area contributed by atoms with Crippen LogP contribution in [0.1, 0.15) is 5.56 Å². The number of hydrogen-bond donors (Lipinski definition) is 2. The van der Waals surface area contributed by atoms with E-state index in [9.17, 15) is 17.0 Å². The van der Waals surface area contributed by atoms with Crippen molar-refractivity contribution in [1.82, 2.24) is 4.72 Å². The van der Waals surface area contributed by atoms with E-state index in [1.54, 1.807) is 0 Å². The normalized spacial score (nSPS) is 13.2. The van der Waals surface area contributed by atoms with Crippen LogP contribution in [0.3, 0.4) is 0 Å². The molecule has 0 spiro atoms. The number of thiocarbonyl (C=S) groups is 1. The van der Waals surface area contributed by atoms with Crippen molar-refractivity contribution < 1.29 is 17.0 Å². The van der Waals surface area contributed by atoms with E-state index in [4.69, 9.17) is 5.73 Å². The largest absolute Gasteiger partial charge is 0.389 e. The average Bonchev–Trinajstić information content (AvgIpc) is 2.27. The SMILES string of the molecule is CS(=O)CCNS(=O)(=O)c1ccc(F)c(C(N)=S)c1. The molecule has 0 fully saturated rings. The Kier molecular flexibility index (Phi) is 5.53. The Labute approximate surface area is 118 Å². The van der Waals surface area contributed by atoms with Gasteiger partial charge in [-0.25, -0.2) is 17.5 Å². The first-order valence-electron chi connectivity index (χ1n) is 5.13. The second-order valence-corrected chi connectivity index (χ2v) is 7.44. The molecule has 5 nitrogen and oxygen atoms in total. The highest BCUT2D eigenvalue weighted by molar-refractivity contribution is 7.89. The third-order valence-corrected chi connectivity index (χ3v) is 4.65. The van der Waals surface area contributed by atoms with E-state index in [2.05, 4.69) is 16.9 Å². The predicted molar refractivity (Wildman–Crippen MR) is 76.4 cm³/mol. The molecule has 0 heterocycles. The molecule has 106 valence electrons. The van der Waals surface area contributed by atoms with Crippen LogP contribution in [0.5, 0.6) is 0 Å². The van der Waals surface area contributed by atoms with E-state index in [0.717, 1.165) is 18.2 Å². The number of rotatable bonds is 6. The van der Waals surface area contributed by atoms with Gasteiger partial charge in [-0.3, -0.25) is 4.21 Å². The van der Waals surface area contributed by atoms with Crippen LogP contribution < -0.4 is 10.5 Å². The average molecular weight is 324 g/mol. The van der Waals surface area contributed by atoms with Gasteiger partial charge in [-0.05, 0) is 18.2 Å². The molecule has 0 aromatic heterocycles. The minimum atomic E-state index is -3.80. The van der Waals surface area contributed by atoms with Crippen molar-refractivity contribution in [3.05, 3.63) is 29.6 Å². The molecule has 1 unspecified atom stereocenters. The maximum atomic E-state index is 13.3. The van der Waals surface area contributed by atoms with Crippen LogP contribution in [0.25, 0.3) is 0 Å². The summed E-state index contributed by atoms with van der Waals surface area (Å²) in [6.07, 6.45) is 1.47. The highest BCUT2D eigenvalue weighted by Gasteiger charge is 2.16. The molecule has 9 heteroatoms. The second-order valence-electron chi connectivity index (χ2n) is 3.68. The van der Waals surface area contributed by atoms with Gasteiger partial charge in [0.15, 0.2) is 0 Å². The standard InChI is InChI=1S/C10H13FN2O3S3/c1-18(14)5-4-13-19(15,16)7-2-3-9(11)8(6-7)10(12)17/h2-3,6,13H,4-5H2,1H3,(H2,12,17). The second kappa shape index (κ2) is 6.51. The zero-order valence-corrected chi connectivity index (χ0v) is 12.5. The monoisotopic (exact) mass is 324 g/mol. The summed E-state index contributed by atoms with van der Waals surface area (Å²) in [5.74, 6) is -0.483. The highest BCUT2D eigenvalue weighted by Crippen LogP contribution is 2.15. The van der Waals surface area contributed by atoms with Gasteiger partial charge in [0.2, 0.25) is 10.0 Å². The lowest BCUT2D eigenvalue weighted by Gasteiger charge is -2.08. The predicted octanol–water partition coefficient (Wildman–Crippen LogP) is 0.117. The Morgan fingerprint density at radius 1 is 1.53 bits per heavy atom. The van der Waals surface area contributed by atoms with Crippen molar-refractivity contribution in [1.29, 1.82) is 0 Å². The molecule has 0 saturated heterocycles. The van der Waals surface area contributed by atoms with Gasteiger partial charge >= 0.3 is 0 Å². The molecule has 0 bridgehead atoms. The number of nitrogens with one attached hydrogen (secondary N) is 1. The Bertz CT molecular complexity index is 616. The summed E-state index contributed by atoms with van der Waals surface area (Å²) in [5, 5.41) is 0. The van der Waals surface area contributed by atoms with Crippen LogP contribution in [0.15, 0.2) is 23.1 Å². The summed E-state index contributed by atoms with van der Waals surface area (Å²) in [6, 6.07) is 3.17. The number of sulfonamides is 1. The molecular formula is C10H13FN2O3S3. The lowest BCUT2D eigenvalue weighted by molar-refractivity contribution is 0.583. The van der Waals surface area contributed by atoms with Crippen LogP contribution in [0, 0.1) is 5.82 Å². The van der Waals surface area contributed by atoms with Crippen molar-refractivity contribution in [2.45, 2.75) is 4.90 Å². The van der Waals surface area contributed by atoms with Gasteiger partial charge in [0, 0.05) is 34.9 Å². The first-order valence-corrected chi connectivity index (χ1v) is 8.75. The lowest BCUT2D eigenvalue weighted by Crippen LogP contribution is -2.28.